The maximum absolute atomic E-state index is 13.4. The lowest BCUT2D eigenvalue weighted by Crippen LogP contribution is -2.57. The van der Waals surface area contributed by atoms with Crippen molar-refractivity contribution in [2.75, 3.05) is 32.1 Å². The highest BCUT2D eigenvalue weighted by molar-refractivity contribution is 7.93. The van der Waals surface area contributed by atoms with E-state index in [1.165, 1.54) is 12.1 Å². The van der Waals surface area contributed by atoms with Crippen LogP contribution in [0, 0.1) is 0 Å². The first-order valence-electron chi connectivity index (χ1n) is 10.5. The molecule has 33 heavy (non-hydrogen) atoms. The molecule has 1 amide bonds. The number of carbonyl (C=O) groups is 1. The minimum absolute atomic E-state index is 0.0105. The van der Waals surface area contributed by atoms with Crippen molar-refractivity contribution in [1.82, 2.24) is 25.8 Å². The van der Waals surface area contributed by atoms with Gasteiger partial charge in [0.2, 0.25) is 0 Å². The molecule has 0 aliphatic carbocycles. The number of anilines is 1. The second kappa shape index (κ2) is 8.93. The fourth-order valence-electron chi connectivity index (χ4n) is 4.01. The zero-order valence-corrected chi connectivity index (χ0v) is 19.2. The van der Waals surface area contributed by atoms with Crippen molar-refractivity contribution in [1.29, 1.82) is 0 Å². The molecule has 1 aliphatic heterocycles. The number of benzene rings is 2. The van der Waals surface area contributed by atoms with E-state index in [0.717, 1.165) is 11.3 Å². The first-order valence-corrected chi connectivity index (χ1v) is 12.0. The maximum atomic E-state index is 13.4. The van der Waals surface area contributed by atoms with Crippen LogP contribution in [0.15, 0.2) is 59.6 Å². The average Bonchev–Trinajstić information content (AvgIpc) is 3.34. The largest absolute Gasteiger partial charge is 0.378 e. The SMILES string of the molecule is CN(C)c1ccc(-c2cn(-c3ccc(S(=O)(=O)C4(C(=O)NO)CCNCC4)cc3)nn2)cc1. The van der Waals surface area contributed by atoms with Gasteiger partial charge in [-0.15, -0.1) is 5.10 Å². The van der Waals surface area contributed by atoms with Crippen LogP contribution in [0.5, 0.6) is 0 Å². The summed E-state index contributed by atoms with van der Waals surface area (Å²) in [6.45, 7) is 0.726. The zero-order chi connectivity index (χ0) is 23.6. The zero-order valence-electron chi connectivity index (χ0n) is 18.4. The molecule has 0 unspecified atom stereocenters. The van der Waals surface area contributed by atoms with Gasteiger partial charge in [-0.3, -0.25) is 10.0 Å². The highest BCUT2D eigenvalue weighted by Crippen LogP contribution is 2.34. The summed E-state index contributed by atoms with van der Waals surface area (Å²) in [4.78, 5) is 14.4. The lowest BCUT2D eigenvalue weighted by molar-refractivity contribution is -0.132. The standard InChI is InChI=1S/C22H26N6O4S/c1-27(2)17-5-3-16(4-6-17)20-15-28(26-24-20)18-7-9-19(10-8-18)33(31,32)22(21(29)25-30)11-13-23-14-12-22/h3-10,15,23,30H,11-14H2,1-2H3,(H,25,29). The van der Waals surface area contributed by atoms with E-state index >= 15 is 0 Å². The summed E-state index contributed by atoms with van der Waals surface area (Å²) in [7, 11) is -0.103. The van der Waals surface area contributed by atoms with Crippen LogP contribution in [0.4, 0.5) is 5.69 Å². The second-order valence-corrected chi connectivity index (χ2v) is 10.4. The van der Waals surface area contributed by atoms with Crippen LogP contribution < -0.4 is 15.7 Å². The Labute approximate surface area is 192 Å². The number of carbonyl (C=O) groups excluding carboxylic acids is 1. The van der Waals surface area contributed by atoms with Gasteiger partial charge in [-0.2, -0.15) is 0 Å². The van der Waals surface area contributed by atoms with E-state index in [-0.39, 0.29) is 17.7 Å². The molecule has 174 valence electrons. The van der Waals surface area contributed by atoms with Crippen molar-refractivity contribution in [3.05, 3.63) is 54.7 Å². The first-order chi connectivity index (χ1) is 15.8. The van der Waals surface area contributed by atoms with Crippen molar-refractivity contribution in [3.63, 3.8) is 0 Å². The summed E-state index contributed by atoms with van der Waals surface area (Å²) >= 11 is 0. The molecule has 2 heterocycles. The minimum atomic E-state index is -4.04. The number of piperidine rings is 1. The van der Waals surface area contributed by atoms with Crippen molar-refractivity contribution >= 4 is 21.4 Å². The van der Waals surface area contributed by atoms with Gasteiger partial charge in [-0.05, 0) is 62.3 Å². The van der Waals surface area contributed by atoms with E-state index in [4.69, 9.17) is 0 Å². The number of amides is 1. The van der Waals surface area contributed by atoms with Gasteiger partial charge < -0.3 is 10.2 Å². The number of rotatable bonds is 6. The molecule has 1 aromatic heterocycles. The molecule has 0 saturated carbocycles. The molecule has 0 bridgehead atoms. The molecular formula is C22H26N6O4S. The van der Waals surface area contributed by atoms with Crippen LogP contribution in [0.2, 0.25) is 0 Å². The Morgan fingerprint density at radius 1 is 1.09 bits per heavy atom. The van der Waals surface area contributed by atoms with Crippen LogP contribution in [0.25, 0.3) is 16.9 Å². The summed E-state index contributed by atoms with van der Waals surface area (Å²) in [5.74, 6) is -0.908. The van der Waals surface area contributed by atoms with Gasteiger partial charge in [0.05, 0.1) is 16.8 Å². The maximum Gasteiger partial charge on any atom is 0.265 e. The third-order valence-corrected chi connectivity index (χ3v) is 8.54. The van der Waals surface area contributed by atoms with Crippen molar-refractivity contribution in [2.45, 2.75) is 22.5 Å². The lowest BCUT2D eigenvalue weighted by Gasteiger charge is -2.34. The third-order valence-electron chi connectivity index (χ3n) is 6.03. The van der Waals surface area contributed by atoms with E-state index in [0.29, 0.717) is 24.5 Å². The second-order valence-electron chi connectivity index (χ2n) is 8.17. The fourth-order valence-corrected chi connectivity index (χ4v) is 5.98. The Kier molecular flexibility index (Phi) is 6.19. The molecule has 4 rings (SSSR count). The highest BCUT2D eigenvalue weighted by Gasteiger charge is 2.51. The number of sulfone groups is 1. The summed E-state index contributed by atoms with van der Waals surface area (Å²) < 4.78 is 26.6. The molecule has 3 N–H and O–H groups in total. The van der Waals surface area contributed by atoms with Gasteiger partial charge in [0, 0.05) is 25.3 Å². The number of hydroxylamine groups is 1. The molecule has 0 radical (unpaired) electrons. The first kappa shape index (κ1) is 22.9. The molecular weight excluding hydrogens is 444 g/mol. The fraction of sp³-hybridized carbons (Fsp3) is 0.318. The Bertz CT molecular complexity index is 1230. The number of aromatic nitrogens is 3. The van der Waals surface area contributed by atoms with Crippen LogP contribution in [-0.4, -0.2) is 66.5 Å². The Balaban J connectivity index is 1.60. The van der Waals surface area contributed by atoms with Crippen LogP contribution in [-0.2, 0) is 14.6 Å². The Morgan fingerprint density at radius 2 is 1.73 bits per heavy atom. The van der Waals surface area contributed by atoms with Crippen molar-refractivity contribution in [2.24, 2.45) is 0 Å². The van der Waals surface area contributed by atoms with E-state index in [9.17, 15) is 18.4 Å². The molecule has 1 fully saturated rings. The van der Waals surface area contributed by atoms with Gasteiger partial charge >= 0.3 is 0 Å². The minimum Gasteiger partial charge on any atom is -0.378 e. The van der Waals surface area contributed by atoms with Gasteiger partial charge in [0.25, 0.3) is 5.91 Å². The summed E-state index contributed by atoms with van der Waals surface area (Å²) in [5, 5.41) is 20.6. The highest BCUT2D eigenvalue weighted by atomic mass is 32.2. The molecule has 10 nitrogen and oxygen atoms in total. The smallest absolute Gasteiger partial charge is 0.265 e. The summed E-state index contributed by atoms with van der Waals surface area (Å²) in [6, 6.07) is 14.0. The van der Waals surface area contributed by atoms with Crippen LogP contribution in [0.1, 0.15) is 12.8 Å². The number of nitrogens with one attached hydrogen (secondary N) is 2. The van der Waals surface area contributed by atoms with Gasteiger partial charge in [-0.1, -0.05) is 17.3 Å². The predicted molar refractivity (Wildman–Crippen MR) is 123 cm³/mol. The van der Waals surface area contributed by atoms with Gasteiger partial charge in [0.15, 0.2) is 14.6 Å². The average molecular weight is 471 g/mol. The molecule has 0 atom stereocenters. The van der Waals surface area contributed by atoms with Gasteiger partial charge in [0.1, 0.15) is 5.69 Å². The number of hydrogen-bond acceptors (Lipinski definition) is 8. The van der Waals surface area contributed by atoms with Crippen LogP contribution in [0.3, 0.4) is 0 Å². The Morgan fingerprint density at radius 3 is 2.30 bits per heavy atom. The topological polar surface area (TPSA) is 129 Å². The molecule has 0 spiro atoms. The molecule has 3 aromatic rings. The number of hydrogen-bond donors (Lipinski definition) is 3. The van der Waals surface area contributed by atoms with Crippen LogP contribution >= 0.6 is 0 Å². The lowest BCUT2D eigenvalue weighted by atomic mass is 9.96. The molecule has 1 aliphatic rings. The van der Waals surface area contributed by atoms with Crippen molar-refractivity contribution < 1.29 is 18.4 Å². The molecule has 1 saturated heterocycles. The quantitative estimate of drug-likeness (QED) is 0.364. The number of nitrogens with zero attached hydrogens (tertiary/aromatic N) is 4. The van der Waals surface area contributed by atoms with Crippen molar-refractivity contribution in [3.8, 4) is 16.9 Å². The van der Waals surface area contributed by atoms with E-state index in [1.807, 2.05) is 43.3 Å². The van der Waals surface area contributed by atoms with Gasteiger partial charge in [-0.25, -0.2) is 18.6 Å². The summed E-state index contributed by atoms with van der Waals surface area (Å²) in [6.07, 6.45) is 1.91. The summed E-state index contributed by atoms with van der Waals surface area (Å²) in [5.41, 5.74) is 4.84. The monoisotopic (exact) mass is 470 g/mol. The van der Waals surface area contributed by atoms with E-state index in [2.05, 4.69) is 15.6 Å². The normalized spacial score (nSPS) is 15.7. The third kappa shape index (κ3) is 4.10. The Hall–Kier alpha value is -3.28. The predicted octanol–water partition coefficient (Wildman–Crippen LogP) is 1.40. The molecule has 11 heteroatoms. The molecule has 2 aromatic carbocycles. The van der Waals surface area contributed by atoms with E-state index in [1.54, 1.807) is 28.5 Å². The van der Waals surface area contributed by atoms with E-state index < -0.39 is 20.5 Å².